The maximum absolute atomic E-state index is 12.9. The van der Waals surface area contributed by atoms with Crippen LogP contribution in [-0.2, 0) is 0 Å². The van der Waals surface area contributed by atoms with Crippen molar-refractivity contribution in [1.29, 1.82) is 0 Å². The van der Waals surface area contributed by atoms with Gasteiger partial charge in [-0.2, -0.15) is 0 Å². The Kier molecular flexibility index (Phi) is 5.42. The number of benzene rings is 1. The maximum Gasteiger partial charge on any atom is 0.270 e. The summed E-state index contributed by atoms with van der Waals surface area (Å²) in [5, 5.41) is 1.26. The van der Waals surface area contributed by atoms with Crippen molar-refractivity contribution >= 4 is 67.1 Å². The first-order valence-corrected chi connectivity index (χ1v) is 9.76. The van der Waals surface area contributed by atoms with Crippen LogP contribution in [0.1, 0.15) is 9.67 Å². The Labute approximate surface area is 158 Å². The molecule has 0 unspecified atom stereocenters. The van der Waals surface area contributed by atoms with E-state index in [4.69, 9.17) is 23.2 Å². The standard InChI is InChI=1S/C16H15Cl2N3OS2/c1-20(2)8-9-21(15(22)12-6-7-13(18)23-12)16-19-14-10(17)4-3-5-11(14)24-16/h3-7H,8-9H2,1-2H3/p+1. The van der Waals surface area contributed by atoms with E-state index in [0.717, 1.165) is 16.8 Å². The van der Waals surface area contributed by atoms with E-state index >= 15 is 0 Å². The van der Waals surface area contributed by atoms with E-state index in [1.54, 1.807) is 17.0 Å². The van der Waals surface area contributed by atoms with Gasteiger partial charge >= 0.3 is 0 Å². The van der Waals surface area contributed by atoms with Gasteiger partial charge in [0, 0.05) is 0 Å². The fraction of sp³-hybridized carbons (Fsp3) is 0.250. The predicted molar refractivity (Wildman–Crippen MR) is 103 cm³/mol. The van der Waals surface area contributed by atoms with E-state index in [2.05, 4.69) is 19.1 Å². The molecule has 0 aliphatic heterocycles. The van der Waals surface area contributed by atoms with E-state index in [9.17, 15) is 4.79 Å². The molecule has 3 aromatic rings. The molecule has 126 valence electrons. The topological polar surface area (TPSA) is 37.6 Å². The van der Waals surface area contributed by atoms with Crippen molar-refractivity contribution in [3.05, 3.63) is 44.6 Å². The number of thiazole rings is 1. The third-order valence-electron chi connectivity index (χ3n) is 3.45. The number of quaternary nitrogens is 1. The molecule has 0 fully saturated rings. The van der Waals surface area contributed by atoms with Crippen molar-refractivity contribution in [3.63, 3.8) is 0 Å². The molecule has 24 heavy (non-hydrogen) atoms. The molecule has 1 aromatic carbocycles. The molecule has 2 heterocycles. The van der Waals surface area contributed by atoms with E-state index < -0.39 is 0 Å². The number of carbonyl (C=O) groups is 1. The van der Waals surface area contributed by atoms with Crippen molar-refractivity contribution in [3.8, 4) is 0 Å². The summed E-state index contributed by atoms with van der Waals surface area (Å²) >= 11 is 15.0. The second kappa shape index (κ2) is 7.37. The molecule has 1 N–H and O–H groups in total. The number of hydrogen-bond donors (Lipinski definition) is 1. The number of thiophene rings is 1. The Morgan fingerprint density at radius 3 is 2.62 bits per heavy atom. The summed E-state index contributed by atoms with van der Waals surface area (Å²) in [5.41, 5.74) is 0.735. The van der Waals surface area contributed by atoms with E-state index in [0.29, 0.717) is 25.9 Å². The normalized spacial score (nSPS) is 11.4. The Balaban J connectivity index is 1.99. The van der Waals surface area contributed by atoms with Gasteiger partial charge in [0.25, 0.3) is 5.91 Å². The van der Waals surface area contributed by atoms with Crippen molar-refractivity contribution in [1.82, 2.24) is 4.98 Å². The first-order chi connectivity index (χ1) is 11.5. The molecule has 0 aliphatic rings. The van der Waals surface area contributed by atoms with Gasteiger partial charge in [-0.25, -0.2) is 4.98 Å². The quantitative estimate of drug-likeness (QED) is 0.711. The van der Waals surface area contributed by atoms with E-state index in [1.165, 1.54) is 27.6 Å². The first kappa shape index (κ1) is 17.6. The average molecular weight is 401 g/mol. The summed E-state index contributed by atoms with van der Waals surface area (Å²) in [5.74, 6) is -0.0803. The van der Waals surface area contributed by atoms with Gasteiger partial charge in [0.05, 0.1) is 46.1 Å². The number of rotatable bonds is 5. The number of carbonyl (C=O) groups excluding carboxylic acids is 1. The van der Waals surface area contributed by atoms with E-state index in [-0.39, 0.29) is 5.91 Å². The van der Waals surface area contributed by atoms with Crippen LogP contribution in [0, 0.1) is 0 Å². The number of halogens is 2. The van der Waals surface area contributed by atoms with Gasteiger partial charge in [-0.3, -0.25) is 9.69 Å². The summed E-state index contributed by atoms with van der Waals surface area (Å²) in [6.07, 6.45) is 0. The first-order valence-electron chi connectivity index (χ1n) is 7.37. The number of nitrogens with zero attached hydrogens (tertiary/aromatic N) is 2. The monoisotopic (exact) mass is 400 g/mol. The lowest BCUT2D eigenvalue weighted by atomic mass is 10.3. The molecular formula is C16H16Cl2N3OS2+. The molecule has 8 heteroatoms. The highest BCUT2D eigenvalue weighted by Gasteiger charge is 2.23. The number of fused-ring (bicyclic) bond motifs is 1. The second-order valence-electron chi connectivity index (χ2n) is 5.60. The lowest BCUT2D eigenvalue weighted by Crippen LogP contribution is -3.06. The number of likely N-dealkylation sites (N-methyl/N-ethyl adjacent to an activating group) is 1. The van der Waals surface area contributed by atoms with Gasteiger partial charge in [0.1, 0.15) is 5.52 Å². The molecule has 0 saturated heterocycles. The third kappa shape index (κ3) is 3.73. The minimum absolute atomic E-state index is 0.0803. The highest BCUT2D eigenvalue weighted by atomic mass is 35.5. The molecule has 4 nitrogen and oxygen atoms in total. The highest BCUT2D eigenvalue weighted by molar-refractivity contribution is 7.22. The molecule has 0 radical (unpaired) electrons. The summed E-state index contributed by atoms with van der Waals surface area (Å²) < 4.78 is 1.57. The number of para-hydroxylation sites is 1. The van der Waals surface area contributed by atoms with Crippen LogP contribution in [0.4, 0.5) is 5.13 Å². The zero-order chi connectivity index (χ0) is 17.3. The van der Waals surface area contributed by atoms with Crippen molar-refractivity contribution < 1.29 is 9.69 Å². The van der Waals surface area contributed by atoms with Gasteiger partial charge in [-0.1, -0.05) is 40.6 Å². The van der Waals surface area contributed by atoms with Crippen LogP contribution in [0.5, 0.6) is 0 Å². The van der Waals surface area contributed by atoms with Gasteiger partial charge in [-0.05, 0) is 24.3 Å². The number of aromatic nitrogens is 1. The zero-order valence-electron chi connectivity index (χ0n) is 13.2. The molecule has 0 spiro atoms. The molecule has 0 bridgehead atoms. The van der Waals surface area contributed by atoms with Crippen molar-refractivity contribution in [2.75, 3.05) is 32.1 Å². The van der Waals surface area contributed by atoms with Crippen LogP contribution in [0.25, 0.3) is 10.2 Å². The Morgan fingerprint density at radius 2 is 2.00 bits per heavy atom. The number of nitrogens with one attached hydrogen (secondary N) is 1. The SMILES string of the molecule is C[NH+](C)CCN(C(=O)c1ccc(Cl)s1)c1nc2c(Cl)cccc2s1. The zero-order valence-corrected chi connectivity index (χ0v) is 16.3. The van der Waals surface area contributed by atoms with Crippen molar-refractivity contribution in [2.24, 2.45) is 0 Å². The maximum atomic E-state index is 12.9. The van der Waals surface area contributed by atoms with Gasteiger partial charge in [0.15, 0.2) is 5.13 Å². The predicted octanol–water partition coefficient (Wildman–Crippen LogP) is 3.46. The smallest absolute Gasteiger partial charge is 0.270 e. The fourth-order valence-corrected chi connectivity index (χ4v) is 4.48. The molecule has 0 atom stereocenters. The van der Waals surface area contributed by atoms with Crippen molar-refractivity contribution in [2.45, 2.75) is 0 Å². The van der Waals surface area contributed by atoms with Crippen LogP contribution in [0.3, 0.4) is 0 Å². The molecule has 0 saturated carbocycles. The molecule has 0 aliphatic carbocycles. The lowest BCUT2D eigenvalue weighted by molar-refractivity contribution is -0.856. The van der Waals surface area contributed by atoms with Crippen LogP contribution in [0.15, 0.2) is 30.3 Å². The Hall–Kier alpha value is -1.18. The third-order valence-corrected chi connectivity index (χ3v) is 6.02. The number of hydrogen-bond acceptors (Lipinski definition) is 4. The van der Waals surface area contributed by atoms with Crippen LogP contribution < -0.4 is 9.80 Å². The summed E-state index contributed by atoms with van der Waals surface area (Å²) in [7, 11) is 4.11. The van der Waals surface area contributed by atoms with Crippen LogP contribution >= 0.6 is 45.9 Å². The summed E-state index contributed by atoms with van der Waals surface area (Å²) in [6.45, 7) is 1.39. The molecular weight excluding hydrogens is 385 g/mol. The fourth-order valence-electron chi connectivity index (χ4n) is 2.20. The van der Waals surface area contributed by atoms with Crippen LogP contribution in [-0.4, -0.2) is 38.1 Å². The van der Waals surface area contributed by atoms with Gasteiger partial charge < -0.3 is 4.90 Å². The summed E-state index contributed by atoms with van der Waals surface area (Å²) in [4.78, 5) is 21.1. The van der Waals surface area contributed by atoms with Crippen LogP contribution in [0.2, 0.25) is 9.36 Å². The van der Waals surface area contributed by atoms with Gasteiger partial charge in [0.2, 0.25) is 0 Å². The molecule has 1 amide bonds. The number of anilines is 1. The second-order valence-corrected chi connectivity index (χ2v) is 8.73. The minimum atomic E-state index is -0.0803. The number of amides is 1. The highest BCUT2D eigenvalue weighted by Crippen LogP contribution is 2.34. The summed E-state index contributed by atoms with van der Waals surface area (Å²) in [6, 6.07) is 9.16. The largest absolute Gasteiger partial charge is 0.338 e. The average Bonchev–Trinajstić information content (AvgIpc) is 3.14. The molecule has 2 aromatic heterocycles. The lowest BCUT2D eigenvalue weighted by Gasteiger charge is -2.19. The molecule has 3 rings (SSSR count). The minimum Gasteiger partial charge on any atom is -0.338 e. The van der Waals surface area contributed by atoms with Gasteiger partial charge in [-0.15, -0.1) is 11.3 Å². The Morgan fingerprint density at radius 1 is 1.21 bits per heavy atom. The Bertz CT molecular complexity index is 875. The van der Waals surface area contributed by atoms with E-state index in [1.807, 2.05) is 18.2 Å².